The van der Waals surface area contributed by atoms with E-state index in [4.69, 9.17) is 10.7 Å². The maximum atomic E-state index is 6.53. The Morgan fingerprint density at radius 1 is 1.15 bits per heavy atom. The van der Waals surface area contributed by atoms with E-state index in [1.165, 1.54) is 10.4 Å². The minimum atomic E-state index is -0.290. The molecule has 20 heavy (non-hydrogen) atoms. The number of aromatic nitrogens is 1. The molecular formula is C17H24N2S. The number of thiazole rings is 1. The third kappa shape index (κ3) is 2.79. The summed E-state index contributed by atoms with van der Waals surface area (Å²) in [5.74, 6) is 0.467. The van der Waals surface area contributed by atoms with Gasteiger partial charge in [-0.1, -0.05) is 58.0 Å². The van der Waals surface area contributed by atoms with Gasteiger partial charge < -0.3 is 5.73 Å². The zero-order valence-electron chi connectivity index (χ0n) is 12.8. The SMILES string of the molecule is CCC(N)(CC)c1nc(-c2ccccc2)c(C(C)C)s1. The van der Waals surface area contributed by atoms with Gasteiger partial charge in [-0.2, -0.15) is 0 Å². The van der Waals surface area contributed by atoms with E-state index in [1.54, 1.807) is 11.3 Å². The predicted molar refractivity (Wildman–Crippen MR) is 88.1 cm³/mol. The van der Waals surface area contributed by atoms with Crippen LogP contribution in [0.5, 0.6) is 0 Å². The van der Waals surface area contributed by atoms with Crippen molar-refractivity contribution in [2.45, 2.75) is 52.0 Å². The Morgan fingerprint density at radius 3 is 2.25 bits per heavy atom. The van der Waals surface area contributed by atoms with E-state index >= 15 is 0 Å². The van der Waals surface area contributed by atoms with E-state index in [9.17, 15) is 0 Å². The minimum absolute atomic E-state index is 0.290. The quantitative estimate of drug-likeness (QED) is 0.849. The highest BCUT2D eigenvalue weighted by Crippen LogP contribution is 2.38. The van der Waals surface area contributed by atoms with Crippen LogP contribution in [0, 0.1) is 0 Å². The first kappa shape index (κ1) is 15.2. The van der Waals surface area contributed by atoms with E-state index in [2.05, 4.69) is 52.0 Å². The standard InChI is InChI=1S/C17H24N2S/c1-5-17(18,6-2)16-19-14(15(20-16)12(3)4)13-10-8-7-9-11-13/h7-12H,5-6,18H2,1-4H3. The van der Waals surface area contributed by atoms with Crippen molar-refractivity contribution in [3.63, 3.8) is 0 Å². The molecule has 1 aromatic carbocycles. The molecule has 0 amide bonds. The summed E-state index contributed by atoms with van der Waals surface area (Å²) in [6.45, 7) is 8.73. The molecule has 0 bridgehead atoms. The molecule has 0 aliphatic rings. The van der Waals surface area contributed by atoms with Crippen molar-refractivity contribution in [2.75, 3.05) is 0 Å². The smallest absolute Gasteiger partial charge is 0.113 e. The zero-order chi connectivity index (χ0) is 14.8. The predicted octanol–water partition coefficient (Wildman–Crippen LogP) is 4.91. The van der Waals surface area contributed by atoms with Gasteiger partial charge in [0.1, 0.15) is 5.01 Å². The molecule has 0 atom stereocenters. The largest absolute Gasteiger partial charge is 0.319 e. The molecule has 108 valence electrons. The van der Waals surface area contributed by atoms with Crippen LogP contribution < -0.4 is 5.73 Å². The van der Waals surface area contributed by atoms with Gasteiger partial charge >= 0.3 is 0 Å². The van der Waals surface area contributed by atoms with Crippen LogP contribution >= 0.6 is 11.3 Å². The molecule has 0 radical (unpaired) electrons. The Bertz CT molecular complexity index is 554. The van der Waals surface area contributed by atoms with Crippen molar-refractivity contribution < 1.29 is 0 Å². The van der Waals surface area contributed by atoms with Crippen molar-refractivity contribution in [1.29, 1.82) is 0 Å². The van der Waals surface area contributed by atoms with Crippen LogP contribution in [0.15, 0.2) is 30.3 Å². The van der Waals surface area contributed by atoms with Crippen LogP contribution in [-0.4, -0.2) is 4.98 Å². The fraction of sp³-hybridized carbons (Fsp3) is 0.471. The lowest BCUT2D eigenvalue weighted by molar-refractivity contribution is 0.411. The van der Waals surface area contributed by atoms with Gasteiger partial charge in [-0.15, -0.1) is 11.3 Å². The molecule has 3 heteroatoms. The lowest BCUT2D eigenvalue weighted by atomic mass is 9.95. The second kappa shape index (κ2) is 6.06. The third-order valence-electron chi connectivity index (χ3n) is 3.91. The highest BCUT2D eigenvalue weighted by molar-refractivity contribution is 7.12. The fourth-order valence-electron chi connectivity index (χ4n) is 2.29. The van der Waals surface area contributed by atoms with Crippen LogP contribution in [0.25, 0.3) is 11.3 Å². The molecule has 0 unspecified atom stereocenters. The molecule has 0 saturated carbocycles. The van der Waals surface area contributed by atoms with E-state index in [0.29, 0.717) is 5.92 Å². The van der Waals surface area contributed by atoms with Gasteiger partial charge in [-0.05, 0) is 18.8 Å². The van der Waals surface area contributed by atoms with Crippen molar-refractivity contribution in [2.24, 2.45) is 5.73 Å². The van der Waals surface area contributed by atoms with E-state index in [1.807, 2.05) is 6.07 Å². The maximum absolute atomic E-state index is 6.53. The Balaban J connectivity index is 2.55. The van der Waals surface area contributed by atoms with E-state index in [-0.39, 0.29) is 5.54 Å². The zero-order valence-corrected chi connectivity index (χ0v) is 13.6. The molecule has 2 nitrogen and oxygen atoms in total. The van der Waals surface area contributed by atoms with Gasteiger partial charge in [-0.3, -0.25) is 0 Å². The Labute approximate surface area is 126 Å². The summed E-state index contributed by atoms with van der Waals surface area (Å²) in [5.41, 5.74) is 8.53. The molecule has 0 aliphatic carbocycles. The minimum Gasteiger partial charge on any atom is -0.319 e. The first-order valence-corrected chi connectivity index (χ1v) is 8.19. The Morgan fingerprint density at radius 2 is 1.75 bits per heavy atom. The number of rotatable bonds is 5. The number of benzene rings is 1. The summed E-state index contributed by atoms with van der Waals surface area (Å²) in [4.78, 5) is 6.25. The van der Waals surface area contributed by atoms with Crippen molar-refractivity contribution >= 4 is 11.3 Å². The first-order valence-electron chi connectivity index (χ1n) is 7.37. The summed E-state index contributed by atoms with van der Waals surface area (Å²) < 4.78 is 0. The average Bonchev–Trinajstić information content (AvgIpc) is 2.93. The van der Waals surface area contributed by atoms with Crippen molar-refractivity contribution in [1.82, 2.24) is 4.98 Å². The Hall–Kier alpha value is -1.19. The summed E-state index contributed by atoms with van der Waals surface area (Å²) in [5, 5.41) is 1.07. The van der Waals surface area contributed by atoms with Crippen LogP contribution in [0.3, 0.4) is 0 Å². The van der Waals surface area contributed by atoms with Crippen LogP contribution in [-0.2, 0) is 5.54 Å². The van der Waals surface area contributed by atoms with Gasteiger partial charge in [0.25, 0.3) is 0 Å². The molecule has 0 fully saturated rings. The van der Waals surface area contributed by atoms with E-state index in [0.717, 1.165) is 23.5 Å². The van der Waals surface area contributed by atoms with Gasteiger partial charge in [0.15, 0.2) is 0 Å². The topological polar surface area (TPSA) is 38.9 Å². The molecule has 0 spiro atoms. The normalized spacial score (nSPS) is 12.1. The molecular weight excluding hydrogens is 264 g/mol. The number of hydrogen-bond acceptors (Lipinski definition) is 3. The Kier molecular flexibility index (Phi) is 4.61. The fourth-order valence-corrected chi connectivity index (χ4v) is 3.62. The van der Waals surface area contributed by atoms with Crippen LogP contribution in [0.1, 0.15) is 56.3 Å². The molecule has 2 N–H and O–H groups in total. The molecule has 2 aromatic rings. The lowest BCUT2D eigenvalue weighted by Crippen LogP contribution is -2.34. The van der Waals surface area contributed by atoms with Crippen LogP contribution in [0.4, 0.5) is 0 Å². The van der Waals surface area contributed by atoms with Gasteiger partial charge in [0.05, 0.1) is 11.2 Å². The van der Waals surface area contributed by atoms with Crippen molar-refractivity contribution in [3.05, 3.63) is 40.2 Å². The molecule has 1 aromatic heterocycles. The summed E-state index contributed by atoms with van der Waals surface area (Å²) in [6.07, 6.45) is 1.84. The lowest BCUT2D eigenvalue weighted by Gasteiger charge is -2.23. The second-order valence-corrected chi connectivity index (χ2v) is 6.65. The monoisotopic (exact) mass is 288 g/mol. The maximum Gasteiger partial charge on any atom is 0.113 e. The first-order chi connectivity index (χ1) is 9.51. The molecule has 1 heterocycles. The highest BCUT2D eigenvalue weighted by Gasteiger charge is 2.29. The van der Waals surface area contributed by atoms with E-state index < -0.39 is 0 Å². The molecule has 0 aliphatic heterocycles. The van der Waals surface area contributed by atoms with Gasteiger partial charge in [0, 0.05) is 10.4 Å². The second-order valence-electron chi connectivity index (χ2n) is 5.62. The third-order valence-corrected chi connectivity index (χ3v) is 5.49. The average molecular weight is 288 g/mol. The highest BCUT2D eigenvalue weighted by atomic mass is 32.1. The van der Waals surface area contributed by atoms with Crippen molar-refractivity contribution in [3.8, 4) is 11.3 Å². The van der Waals surface area contributed by atoms with Crippen LogP contribution in [0.2, 0.25) is 0 Å². The van der Waals surface area contributed by atoms with Gasteiger partial charge in [-0.25, -0.2) is 4.98 Å². The molecule has 0 saturated heterocycles. The number of nitrogens with two attached hydrogens (primary N) is 1. The summed E-state index contributed by atoms with van der Waals surface area (Å²) in [6, 6.07) is 10.4. The number of hydrogen-bond donors (Lipinski definition) is 1. The van der Waals surface area contributed by atoms with Gasteiger partial charge in [0.2, 0.25) is 0 Å². The molecule has 2 rings (SSSR count). The summed E-state index contributed by atoms with van der Waals surface area (Å²) in [7, 11) is 0. The summed E-state index contributed by atoms with van der Waals surface area (Å²) >= 11 is 1.78. The number of nitrogens with zero attached hydrogens (tertiary/aromatic N) is 1.